The van der Waals surface area contributed by atoms with Gasteiger partial charge in [0.1, 0.15) is 17.4 Å². The molecule has 1 aliphatic carbocycles. The van der Waals surface area contributed by atoms with Crippen molar-refractivity contribution in [1.29, 1.82) is 0 Å². The molecule has 0 bridgehead atoms. The molecule has 3 aromatic rings. The maximum atomic E-state index is 14.9. The summed E-state index contributed by atoms with van der Waals surface area (Å²) in [6, 6.07) is 4.40. The van der Waals surface area contributed by atoms with Crippen molar-refractivity contribution in [2.75, 3.05) is 31.1 Å². The van der Waals surface area contributed by atoms with Crippen LogP contribution in [0.1, 0.15) is 42.8 Å². The van der Waals surface area contributed by atoms with Crippen LogP contribution >= 0.6 is 11.6 Å². The number of piperidine rings is 1. The minimum absolute atomic E-state index is 0.0581. The first-order valence-electron chi connectivity index (χ1n) is 14.3. The van der Waals surface area contributed by atoms with Gasteiger partial charge in [0.2, 0.25) is 11.9 Å². The summed E-state index contributed by atoms with van der Waals surface area (Å²) >= 11 is 5.89. The predicted octanol–water partition coefficient (Wildman–Crippen LogP) is 4.47. The molecule has 43 heavy (non-hydrogen) atoms. The lowest BCUT2D eigenvalue weighted by Crippen LogP contribution is -2.44. The summed E-state index contributed by atoms with van der Waals surface area (Å²) in [7, 11) is 0. The molecule has 1 amide bonds. The number of imidazole rings is 1. The van der Waals surface area contributed by atoms with Gasteiger partial charge in [-0.3, -0.25) is 4.79 Å². The molecule has 1 aromatic carbocycles. The summed E-state index contributed by atoms with van der Waals surface area (Å²) in [6.07, 6.45) is 3.01. The highest BCUT2D eigenvalue weighted by Crippen LogP contribution is 2.52. The van der Waals surface area contributed by atoms with E-state index in [4.69, 9.17) is 22.1 Å². The molecule has 2 fully saturated rings. The molecule has 9 nitrogen and oxygen atoms in total. The smallest absolute Gasteiger partial charge is 0.434 e. The highest BCUT2D eigenvalue weighted by Gasteiger charge is 2.55. The fraction of sp³-hybridized carbons (Fsp3) is 0.517. The summed E-state index contributed by atoms with van der Waals surface area (Å²) in [5.41, 5.74) is 5.77. The Balaban J connectivity index is 0.949. The monoisotopic (exact) mass is 621 g/mol. The topological polar surface area (TPSA) is 102 Å². The first-order chi connectivity index (χ1) is 20.5. The highest BCUT2D eigenvalue weighted by molar-refractivity contribution is 6.30. The number of nitrogens with two attached hydrogens (primary N) is 1. The molecule has 0 unspecified atom stereocenters. The SMILES string of the molecule is N[C@]1(C2CCN(c3ncc(Cl)cn3)CC2)C[C@H]1CCOc1ccc(CC(=O)N2CCn3cc(C(F)(F)F)nc3C2)c(F)c1. The van der Waals surface area contributed by atoms with Gasteiger partial charge in [-0.15, -0.1) is 0 Å². The zero-order valence-electron chi connectivity index (χ0n) is 23.4. The van der Waals surface area contributed by atoms with E-state index in [0.29, 0.717) is 35.2 Å². The van der Waals surface area contributed by atoms with Gasteiger partial charge in [-0.2, -0.15) is 13.2 Å². The number of carbonyl (C=O) groups excluding carboxylic acids is 1. The maximum absolute atomic E-state index is 14.9. The Hall–Kier alpha value is -3.45. The van der Waals surface area contributed by atoms with Crippen molar-refractivity contribution in [3.63, 3.8) is 0 Å². The second kappa shape index (κ2) is 11.6. The lowest BCUT2D eigenvalue weighted by Gasteiger charge is -2.35. The van der Waals surface area contributed by atoms with Crippen molar-refractivity contribution in [3.05, 3.63) is 64.7 Å². The number of ether oxygens (including phenoxy) is 1. The van der Waals surface area contributed by atoms with Crippen LogP contribution in [0, 0.1) is 17.7 Å². The Morgan fingerprint density at radius 1 is 1.14 bits per heavy atom. The van der Waals surface area contributed by atoms with Gasteiger partial charge in [-0.1, -0.05) is 17.7 Å². The van der Waals surface area contributed by atoms with Gasteiger partial charge in [-0.25, -0.2) is 19.3 Å². The molecule has 14 heteroatoms. The molecule has 2 N–H and O–H groups in total. The number of fused-ring (bicyclic) bond motifs is 1. The zero-order chi connectivity index (χ0) is 30.4. The average molecular weight is 622 g/mol. The van der Waals surface area contributed by atoms with E-state index in [-0.39, 0.29) is 48.9 Å². The quantitative estimate of drug-likeness (QED) is 0.370. The van der Waals surface area contributed by atoms with Gasteiger partial charge >= 0.3 is 6.18 Å². The van der Waals surface area contributed by atoms with E-state index in [1.165, 1.54) is 21.6 Å². The molecule has 0 spiro atoms. The summed E-state index contributed by atoms with van der Waals surface area (Å²) in [4.78, 5) is 28.6. The van der Waals surface area contributed by atoms with Crippen LogP contribution in [0.3, 0.4) is 0 Å². The molecule has 2 aliphatic heterocycles. The molecular formula is C29H32ClF4N7O2. The van der Waals surface area contributed by atoms with Crippen LogP contribution in [0.15, 0.2) is 36.8 Å². The predicted molar refractivity (Wildman–Crippen MR) is 150 cm³/mol. The van der Waals surface area contributed by atoms with Crippen LogP contribution in [-0.4, -0.2) is 62.1 Å². The Labute approximate surface area is 251 Å². The number of hydrogen-bond acceptors (Lipinski definition) is 7. The number of halogens is 5. The first kappa shape index (κ1) is 29.6. The van der Waals surface area contributed by atoms with Gasteiger partial charge in [-0.05, 0) is 49.1 Å². The molecule has 3 aliphatic rings. The van der Waals surface area contributed by atoms with Crippen molar-refractivity contribution in [2.24, 2.45) is 17.6 Å². The lowest BCUT2D eigenvalue weighted by atomic mass is 9.86. The fourth-order valence-electron chi connectivity index (χ4n) is 6.28. The zero-order valence-corrected chi connectivity index (χ0v) is 24.1. The van der Waals surface area contributed by atoms with Crippen molar-refractivity contribution < 1.29 is 27.1 Å². The summed E-state index contributed by atoms with van der Waals surface area (Å²) in [5, 5.41) is 0.509. The Kier molecular flexibility index (Phi) is 7.97. The normalized spacial score (nSPS) is 22.4. The van der Waals surface area contributed by atoms with Crippen LogP contribution in [0.5, 0.6) is 5.75 Å². The van der Waals surface area contributed by atoms with Crippen LogP contribution in [0.4, 0.5) is 23.5 Å². The molecule has 4 heterocycles. The van der Waals surface area contributed by atoms with Crippen LogP contribution in [0.2, 0.25) is 5.02 Å². The van der Waals surface area contributed by atoms with Crippen LogP contribution < -0.4 is 15.4 Å². The van der Waals surface area contributed by atoms with Crippen molar-refractivity contribution in [1.82, 2.24) is 24.4 Å². The summed E-state index contributed by atoms with van der Waals surface area (Å²) in [5.74, 6) is 1.00. The van der Waals surface area contributed by atoms with E-state index in [1.807, 2.05) is 0 Å². The Morgan fingerprint density at radius 2 is 1.88 bits per heavy atom. The maximum Gasteiger partial charge on any atom is 0.434 e. The number of amides is 1. The minimum Gasteiger partial charge on any atom is -0.493 e. The van der Waals surface area contributed by atoms with Gasteiger partial charge in [0, 0.05) is 44.0 Å². The molecule has 1 saturated heterocycles. The van der Waals surface area contributed by atoms with E-state index in [0.717, 1.165) is 45.0 Å². The number of aromatic nitrogens is 4. The Morgan fingerprint density at radius 3 is 2.58 bits per heavy atom. The van der Waals surface area contributed by atoms with Crippen molar-refractivity contribution >= 4 is 23.5 Å². The summed E-state index contributed by atoms with van der Waals surface area (Å²) in [6.45, 7) is 2.44. The minimum atomic E-state index is -4.55. The Bertz CT molecular complexity index is 1480. The molecule has 1 saturated carbocycles. The second-order valence-electron chi connectivity index (χ2n) is 11.6. The van der Waals surface area contributed by atoms with E-state index in [2.05, 4.69) is 19.9 Å². The molecule has 2 aromatic heterocycles. The van der Waals surface area contributed by atoms with E-state index in [9.17, 15) is 22.4 Å². The van der Waals surface area contributed by atoms with Gasteiger partial charge in [0.25, 0.3) is 0 Å². The van der Waals surface area contributed by atoms with Gasteiger partial charge in [0.05, 0.1) is 37.0 Å². The molecule has 0 radical (unpaired) electrons. The van der Waals surface area contributed by atoms with Crippen molar-refractivity contribution in [2.45, 2.75) is 56.9 Å². The molecule has 6 rings (SSSR count). The molecule has 2 atom stereocenters. The van der Waals surface area contributed by atoms with E-state index >= 15 is 0 Å². The van der Waals surface area contributed by atoms with Crippen LogP contribution in [0.25, 0.3) is 0 Å². The second-order valence-corrected chi connectivity index (χ2v) is 12.0. The number of nitrogens with zero attached hydrogens (tertiary/aromatic N) is 6. The summed E-state index contributed by atoms with van der Waals surface area (Å²) < 4.78 is 61.0. The van der Waals surface area contributed by atoms with Crippen LogP contribution in [-0.2, 0) is 30.5 Å². The molecule has 230 valence electrons. The van der Waals surface area contributed by atoms with Gasteiger partial charge in [0.15, 0.2) is 5.69 Å². The highest BCUT2D eigenvalue weighted by atomic mass is 35.5. The third-order valence-corrected chi connectivity index (χ3v) is 9.09. The standard InChI is InChI=1S/C29H32ClF4N7O2/c30-21-14-36-27(37-15-21)39-6-3-19(4-7-39)28(35)13-20(28)5-10-43-22-2-1-18(23(31)12-22)11-26(42)41-9-8-40-16-24(29(32,33)34)38-25(40)17-41/h1-2,12,14-16,19-20H,3-11,13,17,35H2/t20-,28+/m1/s1. The third-order valence-electron chi connectivity index (χ3n) is 8.89. The number of alkyl halides is 3. The lowest BCUT2D eigenvalue weighted by molar-refractivity contribution is -0.141. The average Bonchev–Trinajstić information content (AvgIpc) is 3.43. The van der Waals surface area contributed by atoms with E-state index in [1.54, 1.807) is 18.5 Å². The van der Waals surface area contributed by atoms with E-state index < -0.39 is 17.7 Å². The fourth-order valence-corrected chi connectivity index (χ4v) is 6.38. The third kappa shape index (κ3) is 6.42. The number of benzene rings is 1. The largest absolute Gasteiger partial charge is 0.493 e. The number of carbonyl (C=O) groups is 1. The van der Waals surface area contributed by atoms with Gasteiger partial charge < -0.3 is 24.8 Å². The van der Waals surface area contributed by atoms with Crippen molar-refractivity contribution in [3.8, 4) is 5.75 Å². The number of hydrogen-bond donors (Lipinski definition) is 1. The first-order valence-corrected chi connectivity index (χ1v) is 14.7. The molecular weight excluding hydrogens is 590 g/mol. The number of rotatable bonds is 8. The number of anilines is 1.